The Kier molecular flexibility index (Phi) is 4.27. The molecule has 0 aliphatic heterocycles. The number of anilines is 1. The SMILES string of the molecule is Nc1ccc(COc2cc(F)c(Cl)cc2Br)c(F)c1. The van der Waals surface area contributed by atoms with Gasteiger partial charge in [-0.05, 0) is 34.1 Å². The molecule has 19 heavy (non-hydrogen) atoms. The molecule has 0 bridgehead atoms. The Labute approximate surface area is 122 Å². The van der Waals surface area contributed by atoms with Crippen LogP contribution < -0.4 is 10.5 Å². The molecule has 2 nitrogen and oxygen atoms in total. The van der Waals surface area contributed by atoms with Crippen molar-refractivity contribution >= 4 is 33.2 Å². The maximum atomic E-state index is 13.5. The van der Waals surface area contributed by atoms with Crippen molar-refractivity contribution < 1.29 is 13.5 Å². The first-order valence-corrected chi connectivity index (χ1v) is 6.45. The fourth-order valence-corrected chi connectivity index (χ4v) is 2.20. The van der Waals surface area contributed by atoms with E-state index in [0.717, 1.165) is 6.07 Å². The van der Waals surface area contributed by atoms with Crippen LogP contribution in [-0.2, 0) is 6.61 Å². The quantitative estimate of drug-likeness (QED) is 0.653. The Morgan fingerprint density at radius 1 is 1.16 bits per heavy atom. The molecule has 2 rings (SSSR count). The lowest BCUT2D eigenvalue weighted by molar-refractivity contribution is 0.296. The third kappa shape index (κ3) is 3.36. The molecule has 0 fully saturated rings. The first kappa shape index (κ1) is 14.1. The summed E-state index contributed by atoms with van der Waals surface area (Å²) in [4.78, 5) is 0. The van der Waals surface area contributed by atoms with E-state index in [4.69, 9.17) is 22.1 Å². The van der Waals surface area contributed by atoms with Gasteiger partial charge in [-0.25, -0.2) is 8.78 Å². The minimum atomic E-state index is -0.599. The molecule has 2 aromatic rings. The van der Waals surface area contributed by atoms with Crippen molar-refractivity contribution in [3.05, 3.63) is 57.0 Å². The topological polar surface area (TPSA) is 35.2 Å². The third-order valence-electron chi connectivity index (χ3n) is 2.44. The van der Waals surface area contributed by atoms with E-state index in [9.17, 15) is 8.78 Å². The fraction of sp³-hybridized carbons (Fsp3) is 0.0769. The average molecular weight is 349 g/mol. The number of nitrogens with two attached hydrogens (primary N) is 1. The molecule has 0 aromatic heterocycles. The molecule has 0 saturated heterocycles. The third-order valence-corrected chi connectivity index (χ3v) is 3.34. The second-order valence-corrected chi connectivity index (χ2v) is 5.10. The van der Waals surface area contributed by atoms with E-state index in [0.29, 0.717) is 15.7 Å². The minimum absolute atomic E-state index is 0.0158. The molecule has 0 saturated carbocycles. The number of benzene rings is 2. The summed E-state index contributed by atoms with van der Waals surface area (Å²) in [5.74, 6) is -0.818. The molecule has 0 amide bonds. The Morgan fingerprint density at radius 3 is 2.58 bits per heavy atom. The summed E-state index contributed by atoms with van der Waals surface area (Å²) in [5.41, 5.74) is 6.11. The summed E-state index contributed by atoms with van der Waals surface area (Å²) in [5, 5.41) is -0.0158. The summed E-state index contributed by atoms with van der Waals surface area (Å²) in [7, 11) is 0. The molecular formula is C13H9BrClF2NO. The Hall–Kier alpha value is -1.33. The maximum Gasteiger partial charge on any atom is 0.145 e. The number of halogens is 4. The van der Waals surface area contributed by atoms with Crippen LogP contribution in [0.5, 0.6) is 5.75 Å². The van der Waals surface area contributed by atoms with E-state index in [1.807, 2.05) is 0 Å². The molecule has 2 N–H and O–H groups in total. The van der Waals surface area contributed by atoms with Gasteiger partial charge >= 0.3 is 0 Å². The van der Waals surface area contributed by atoms with E-state index >= 15 is 0 Å². The predicted octanol–water partition coefficient (Wildman–Crippen LogP) is 4.54. The van der Waals surface area contributed by atoms with Crippen molar-refractivity contribution in [3.8, 4) is 5.75 Å². The minimum Gasteiger partial charge on any atom is -0.488 e. The van der Waals surface area contributed by atoms with Crippen LogP contribution in [0.25, 0.3) is 0 Å². The van der Waals surface area contributed by atoms with Crippen LogP contribution in [0.1, 0.15) is 5.56 Å². The maximum absolute atomic E-state index is 13.5. The van der Waals surface area contributed by atoms with Gasteiger partial charge in [-0.2, -0.15) is 0 Å². The van der Waals surface area contributed by atoms with E-state index in [1.54, 1.807) is 6.07 Å². The number of rotatable bonds is 3. The Morgan fingerprint density at radius 2 is 1.89 bits per heavy atom. The van der Waals surface area contributed by atoms with Gasteiger partial charge in [0, 0.05) is 17.3 Å². The molecule has 0 unspecified atom stereocenters. The first-order valence-electron chi connectivity index (χ1n) is 5.28. The van der Waals surface area contributed by atoms with Gasteiger partial charge in [0.2, 0.25) is 0 Å². The molecule has 0 radical (unpaired) electrons. The highest BCUT2D eigenvalue weighted by atomic mass is 79.9. The van der Waals surface area contributed by atoms with Gasteiger partial charge in [0.05, 0.1) is 9.50 Å². The largest absolute Gasteiger partial charge is 0.488 e. The molecule has 0 aliphatic carbocycles. The number of hydrogen-bond donors (Lipinski definition) is 1. The number of nitrogen functional groups attached to an aromatic ring is 1. The normalized spacial score (nSPS) is 10.5. The van der Waals surface area contributed by atoms with Gasteiger partial charge in [-0.3, -0.25) is 0 Å². The van der Waals surface area contributed by atoms with Crippen LogP contribution in [0, 0.1) is 11.6 Å². The van der Waals surface area contributed by atoms with Crippen LogP contribution >= 0.6 is 27.5 Å². The van der Waals surface area contributed by atoms with Crippen LogP contribution in [-0.4, -0.2) is 0 Å². The number of hydrogen-bond acceptors (Lipinski definition) is 2. The zero-order valence-electron chi connectivity index (χ0n) is 9.59. The lowest BCUT2D eigenvalue weighted by Crippen LogP contribution is -2.00. The Bertz CT molecular complexity index is 622. The van der Waals surface area contributed by atoms with E-state index < -0.39 is 11.6 Å². The second-order valence-electron chi connectivity index (χ2n) is 3.84. The van der Waals surface area contributed by atoms with Crippen molar-refractivity contribution in [2.45, 2.75) is 6.61 Å². The molecule has 0 aliphatic rings. The van der Waals surface area contributed by atoms with Gasteiger partial charge in [0.15, 0.2) is 0 Å². The zero-order valence-corrected chi connectivity index (χ0v) is 11.9. The smallest absolute Gasteiger partial charge is 0.145 e. The van der Waals surface area contributed by atoms with E-state index in [2.05, 4.69) is 15.9 Å². The molecular weight excluding hydrogens is 340 g/mol. The lowest BCUT2D eigenvalue weighted by Gasteiger charge is -2.10. The number of ether oxygens (including phenoxy) is 1. The summed E-state index contributed by atoms with van der Waals surface area (Å²) in [6.45, 7) is -0.0359. The lowest BCUT2D eigenvalue weighted by atomic mass is 10.2. The monoisotopic (exact) mass is 347 g/mol. The van der Waals surface area contributed by atoms with Gasteiger partial charge in [0.25, 0.3) is 0 Å². The molecule has 0 heterocycles. The van der Waals surface area contributed by atoms with Crippen molar-refractivity contribution in [2.75, 3.05) is 5.73 Å². The molecule has 0 spiro atoms. The molecule has 2 aromatic carbocycles. The fourth-order valence-electron chi connectivity index (χ4n) is 1.45. The van der Waals surface area contributed by atoms with Crippen molar-refractivity contribution in [1.29, 1.82) is 0 Å². The van der Waals surface area contributed by atoms with Crippen molar-refractivity contribution in [2.24, 2.45) is 0 Å². The van der Waals surface area contributed by atoms with Crippen molar-refractivity contribution in [1.82, 2.24) is 0 Å². The van der Waals surface area contributed by atoms with Gasteiger partial charge in [-0.1, -0.05) is 17.7 Å². The van der Waals surface area contributed by atoms with E-state index in [1.165, 1.54) is 18.2 Å². The predicted molar refractivity (Wildman–Crippen MR) is 74.3 cm³/mol. The highest BCUT2D eigenvalue weighted by Gasteiger charge is 2.09. The summed E-state index contributed by atoms with van der Waals surface area (Å²) >= 11 is 8.81. The van der Waals surface area contributed by atoms with E-state index in [-0.39, 0.29) is 17.4 Å². The summed E-state index contributed by atoms with van der Waals surface area (Å²) < 4.78 is 32.7. The molecule has 100 valence electrons. The first-order chi connectivity index (χ1) is 8.97. The highest BCUT2D eigenvalue weighted by Crippen LogP contribution is 2.31. The average Bonchev–Trinajstić information content (AvgIpc) is 2.34. The van der Waals surface area contributed by atoms with Crippen molar-refractivity contribution in [3.63, 3.8) is 0 Å². The molecule has 6 heteroatoms. The summed E-state index contributed by atoms with van der Waals surface area (Å²) in [6.07, 6.45) is 0. The zero-order chi connectivity index (χ0) is 14.0. The van der Waals surface area contributed by atoms with Crippen LogP contribution in [0.3, 0.4) is 0 Å². The van der Waals surface area contributed by atoms with Crippen LogP contribution in [0.4, 0.5) is 14.5 Å². The standard InChI is InChI=1S/C13H9BrClF2NO/c14-9-4-10(15)12(17)5-13(9)19-6-7-1-2-8(18)3-11(7)16/h1-5H,6,18H2. The van der Waals surface area contributed by atoms with Gasteiger partial charge in [0.1, 0.15) is 24.0 Å². The van der Waals surface area contributed by atoms with Crippen LogP contribution in [0.15, 0.2) is 34.8 Å². The van der Waals surface area contributed by atoms with Gasteiger partial charge < -0.3 is 10.5 Å². The Balaban J connectivity index is 2.16. The summed E-state index contributed by atoms with van der Waals surface area (Å²) in [6, 6.07) is 6.81. The second kappa shape index (κ2) is 5.75. The molecule has 0 atom stereocenters. The van der Waals surface area contributed by atoms with Gasteiger partial charge in [-0.15, -0.1) is 0 Å². The highest BCUT2D eigenvalue weighted by molar-refractivity contribution is 9.10. The van der Waals surface area contributed by atoms with Crippen LogP contribution in [0.2, 0.25) is 5.02 Å².